The van der Waals surface area contributed by atoms with E-state index >= 15 is 0 Å². The van der Waals surface area contributed by atoms with E-state index in [1.54, 1.807) is 0 Å². The van der Waals surface area contributed by atoms with Gasteiger partial charge in [-0.05, 0) is 100.0 Å². The molecule has 4 aliphatic carbocycles. The highest BCUT2D eigenvalue weighted by atomic mass is 16.6. The normalized spacial score (nSPS) is 46.0. The van der Waals surface area contributed by atoms with Crippen molar-refractivity contribution in [2.45, 2.75) is 77.2 Å². The largest absolute Gasteiger partial charge is 0.461 e. The Labute approximate surface area is 158 Å². The third kappa shape index (κ3) is 2.31. The molecule has 2 heterocycles. The van der Waals surface area contributed by atoms with E-state index in [0.29, 0.717) is 22.7 Å². The zero-order valence-electron chi connectivity index (χ0n) is 16.4. The minimum Gasteiger partial charge on any atom is -0.461 e. The molecule has 0 aromatic rings. The van der Waals surface area contributed by atoms with E-state index in [4.69, 9.17) is 4.74 Å². The first-order valence-electron chi connectivity index (χ1n) is 11.5. The Balaban J connectivity index is 1.26. The average molecular weight is 358 g/mol. The highest BCUT2D eigenvalue weighted by Crippen LogP contribution is 2.75. The number of likely N-dealkylation sites (tertiary alicyclic amines) is 1. The number of fused-ring (bicyclic) bond motifs is 5. The van der Waals surface area contributed by atoms with Crippen LogP contribution in [0.25, 0.3) is 0 Å². The van der Waals surface area contributed by atoms with E-state index in [9.17, 15) is 4.79 Å². The zero-order chi connectivity index (χ0) is 17.5. The number of carbonyl (C=O) groups is 1. The van der Waals surface area contributed by atoms with Crippen molar-refractivity contribution in [1.29, 1.82) is 0 Å². The average Bonchev–Trinajstić information content (AvgIpc) is 3.52. The Morgan fingerprint density at radius 1 is 0.962 bits per heavy atom. The molecule has 2 saturated heterocycles. The van der Waals surface area contributed by atoms with Crippen LogP contribution in [0.5, 0.6) is 0 Å². The monoisotopic (exact) mass is 357 g/mol. The number of carbonyl (C=O) groups excluding carboxylic acids is 1. The second-order valence-electron chi connectivity index (χ2n) is 11.1. The molecule has 4 saturated carbocycles. The second-order valence-corrected chi connectivity index (χ2v) is 11.1. The molecule has 2 aliphatic heterocycles. The van der Waals surface area contributed by atoms with E-state index in [2.05, 4.69) is 11.8 Å². The summed E-state index contributed by atoms with van der Waals surface area (Å²) in [6.07, 6.45) is 14.1. The van der Waals surface area contributed by atoms with Gasteiger partial charge in [0.25, 0.3) is 0 Å². The third-order valence-electron chi connectivity index (χ3n) is 9.82. The molecule has 5 atom stereocenters. The number of hydrogen-bond donors (Lipinski definition) is 0. The predicted molar refractivity (Wildman–Crippen MR) is 100 cm³/mol. The van der Waals surface area contributed by atoms with Crippen LogP contribution in [-0.2, 0) is 9.53 Å². The Bertz CT molecular complexity index is 599. The summed E-state index contributed by atoms with van der Waals surface area (Å²) in [7, 11) is 0. The Hall–Kier alpha value is -0.570. The van der Waals surface area contributed by atoms with Crippen LogP contribution in [0.4, 0.5) is 0 Å². The molecule has 3 heteroatoms. The summed E-state index contributed by atoms with van der Waals surface area (Å²) in [5.74, 6) is 3.29. The molecular weight excluding hydrogens is 322 g/mol. The van der Waals surface area contributed by atoms with Crippen molar-refractivity contribution in [3.8, 4) is 0 Å². The van der Waals surface area contributed by atoms with Gasteiger partial charge < -0.3 is 9.64 Å². The lowest BCUT2D eigenvalue weighted by Gasteiger charge is -2.34. The topological polar surface area (TPSA) is 29.5 Å². The summed E-state index contributed by atoms with van der Waals surface area (Å²) in [6, 6.07) is 0. The van der Waals surface area contributed by atoms with Gasteiger partial charge in [-0.3, -0.25) is 4.79 Å². The van der Waals surface area contributed by atoms with Crippen LogP contribution >= 0.6 is 0 Å². The Morgan fingerprint density at radius 3 is 2.35 bits per heavy atom. The number of ether oxygens (including phenoxy) is 1. The molecule has 144 valence electrons. The van der Waals surface area contributed by atoms with Gasteiger partial charge in [0.05, 0.1) is 5.92 Å². The lowest BCUT2D eigenvalue weighted by Crippen LogP contribution is -2.40. The molecule has 6 aliphatic rings. The highest BCUT2D eigenvalue weighted by Gasteiger charge is 2.69. The molecular formula is C23H35NO2. The number of hydrogen-bond acceptors (Lipinski definition) is 3. The first kappa shape index (κ1) is 16.4. The van der Waals surface area contributed by atoms with Gasteiger partial charge >= 0.3 is 5.97 Å². The van der Waals surface area contributed by atoms with Gasteiger partial charge in [0, 0.05) is 18.4 Å². The summed E-state index contributed by atoms with van der Waals surface area (Å²) in [5.41, 5.74) is 1.25. The standard InChI is InChI=1S/C23H35NO2/c1-15-4-12-24(13-5-15)14-17-16-2-6-22(8-9-22)18-3-7-23(10-11-23)19(18)20(16)26-21(17)25/h15-20H,2-14H2,1H3/t16-,17-,18+,19-,20-/m0/s1. The van der Waals surface area contributed by atoms with Gasteiger partial charge in [-0.2, -0.15) is 0 Å². The molecule has 2 spiro atoms. The van der Waals surface area contributed by atoms with E-state index in [1.165, 1.54) is 77.3 Å². The van der Waals surface area contributed by atoms with Gasteiger partial charge in [-0.1, -0.05) is 6.92 Å². The smallest absolute Gasteiger partial charge is 0.310 e. The minimum absolute atomic E-state index is 0.159. The molecule has 0 amide bonds. The fourth-order valence-electron chi connectivity index (χ4n) is 7.80. The zero-order valence-corrected chi connectivity index (χ0v) is 16.4. The van der Waals surface area contributed by atoms with Gasteiger partial charge in [0.15, 0.2) is 0 Å². The van der Waals surface area contributed by atoms with Crippen molar-refractivity contribution >= 4 is 5.97 Å². The summed E-state index contributed by atoms with van der Waals surface area (Å²) in [4.78, 5) is 15.5. The molecule has 26 heavy (non-hydrogen) atoms. The predicted octanol–water partition coefficient (Wildman–Crippen LogP) is 4.26. The van der Waals surface area contributed by atoms with Crippen molar-refractivity contribution in [2.24, 2.45) is 40.4 Å². The quantitative estimate of drug-likeness (QED) is 0.692. The Kier molecular flexibility index (Phi) is 3.46. The van der Waals surface area contributed by atoms with Crippen LogP contribution in [-0.4, -0.2) is 36.6 Å². The molecule has 0 bridgehead atoms. The van der Waals surface area contributed by atoms with E-state index in [1.807, 2.05) is 0 Å². The molecule has 0 aromatic heterocycles. The maximum absolute atomic E-state index is 12.9. The summed E-state index contributed by atoms with van der Waals surface area (Å²) < 4.78 is 6.27. The maximum Gasteiger partial charge on any atom is 0.310 e. The van der Waals surface area contributed by atoms with Gasteiger partial charge in [-0.25, -0.2) is 0 Å². The van der Waals surface area contributed by atoms with Crippen molar-refractivity contribution in [2.75, 3.05) is 19.6 Å². The molecule has 0 aromatic carbocycles. The van der Waals surface area contributed by atoms with E-state index in [0.717, 1.165) is 18.4 Å². The highest BCUT2D eigenvalue weighted by molar-refractivity contribution is 5.75. The lowest BCUT2D eigenvalue weighted by molar-refractivity contribution is -0.148. The minimum atomic E-state index is 0.159. The summed E-state index contributed by atoms with van der Waals surface area (Å²) in [5, 5.41) is 0. The molecule has 3 nitrogen and oxygen atoms in total. The van der Waals surface area contributed by atoms with E-state index in [-0.39, 0.29) is 18.0 Å². The molecule has 0 radical (unpaired) electrons. The number of rotatable bonds is 2. The molecule has 6 rings (SSSR count). The summed E-state index contributed by atoms with van der Waals surface area (Å²) >= 11 is 0. The SMILES string of the molecule is CC1CCN(C[C@@H]2C(=O)O[C@H]3[C@H]2CCC2(CC2)[C@@H]2CCC4(CC4)[C@H]32)CC1. The first-order valence-corrected chi connectivity index (χ1v) is 11.5. The van der Waals surface area contributed by atoms with Crippen molar-refractivity contribution in [1.82, 2.24) is 4.90 Å². The third-order valence-corrected chi connectivity index (χ3v) is 9.82. The fourth-order valence-corrected chi connectivity index (χ4v) is 7.80. The van der Waals surface area contributed by atoms with Crippen LogP contribution < -0.4 is 0 Å². The fraction of sp³-hybridized carbons (Fsp3) is 0.957. The van der Waals surface area contributed by atoms with Crippen molar-refractivity contribution < 1.29 is 9.53 Å². The molecule has 0 unspecified atom stereocenters. The lowest BCUT2D eigenvalue weighted by atomic mass is 9.73. The molecule has 6 fully saturated rings. The van der Waals surface area contributed by atoms with Crippen molar-refractivity contribution in [3.05, 3.63) is 0 Å². The Morgan fingerprint density at radius 2 is 1.65 bits per heavy atom. The van der Waals surface area contributed by atoms with Crippen molar-refractivity contribution in [3.63, 3.8) is 0 Å². The van der Waals surface area contributed by atoms with Crippen LogP contribution in [0, 0.1) is 40.4 Å². The van der Waals surface area contributed by atoms with Gasteiger partial charge in [0.2, 0.25) is 0 Å². The van der Waals surface area contributed by atoms with Gasteiger partial charge in [-0.15, -0.1) is 0 Å². The van der Waals surface area contributed by atoms with Crippen LogP contribution in [0.15, 0.2) is 0 Å². The van der Waals surface area contributed by atoms with Gasteiger partial charge in [0.1, 0.15) is 6.10 Å². The number of piperidine rings is 1. The van der Waals surface area contributed by atoms with Crippen LogP contribution in [0.2, 0.25) is 0 Å². The summed E-state index contributed by atoms with van der Waals surface area (Å²) in [6.45, 7) is 5.71. The van der Waals surface area contributed by atoms with Crippen LogP contribution in [0.1, 0.15) is 71.1 Å². The number of nitrogens with zero attached hydrogens (tertiary/aromatic N) is 1. The van der Waals surface area contributed by atoms with Crippen LogP contribution in [0.3, 0.4) is 0 Å². The number of esters is 1. The van der Waals surface area contributed by atoms with E-state index < -0.39 is 0 Å². The maximum atomic E-state index is 12.9. The molecule has 0 N–H and O–H groups in total. The first-order chi connectivity index (χ1) is 12.6. The second kappa shape index (κ2) is 5.49.